The Balaban J connectivity index is 1.40. The largest absolute Gasteiger partial charge is 0.341 e. The molecule has 40 heavy (non-hydrogen) atoms. The molecule has 0 saturated carbocycles. The Labute approximate surface area is 234 Å². The van der Waals surface area contributed by atoms with Crippen LogP contribution in [0.15, 0.2) is 65.6 Å². The molecule has 1 amide bonds. The van der Waals surface area contributed by atoms with Crippen molar-refractivity contribution in [1.29, 1.82) is 0 Å². The maximum atomic E-state index is 13.1. The van der Waals surface area contributed by atoms with Gasteiger partial charge in [0.15, 0.2) is 0 Å². The highest BCUT2D eigenvalue weighted by Crippen LogP contribution is 2.29. The van der Waals surface area contributed by atoms with E-state index in [4.69, 9.17) is 0 Å². The first-order valence-electron chi connectivity index (χ1n) is 13.6. The number of nitrogens with zero attached hydrogens (tertiary/aromatic N) is 5. The van der Waals surface area contributed by atoms with Gasteiger partial charge in [-0.25, -0.2) is 9.67 Å². The molecular weight excluding hydrogens is 502 g/mol. The second kappa shape index (κ2) is 10.9. The number of anilines is 4. The predicted molar refractivity (Wildman–Crippen MR) is 160 cm³/mol. The van der Waals surface area contributed by atoms with Gasteiger partial charge in [-0.05, 0) is 66.6 Å². The van der Waals surface area contributed by atoms with E-state index in [1.165, 1.54) is 10.2 Å². The first kappa shape index (κ1) is 27.1. The molecule has 0 spiro atoms. The molecule has 4 aromatic rings. The van der Waals surface area contributed by atoms with E-state index < -0.39 is 0 Å². The van der Waals surface area contributed by atoms with Crippen molar-refractivity contribution in [2.75, 3.05) is 28.6 Å². The van der Waals surface area contributed by atoms with Gasteiger partial charge in [-0.1, -0.05) is 45.0 Å². The third-order valence-electron chi connectivity index (χ3n) is 7.23. The highest BCUT2D eigenvalue weighted by Gasteiger charge is 2.18. The molecule has 1 aliphatic heterocycles. The first-order valence-corrected chi connectivity index (χ1v) is 13.6. The predicted octanol–water partition coefficient (Wildman–Crippen LogP) is 5.44. The summed E-state index contributed by atoms with van der Waals surface area (Å²) in [5.41, 5.74) is 4.78. The van der Waals surface area contributed by atoms with Gasteiger partial charge in [-0.15, -0.1) is 0 Å². The molecule has 0 radical (unpaired) electrons. The van der Waals surface area contributed by atoms with Crippen LogP contribution in [-0.2, 0) is 12.5 Å². The van der Waals surface area contributed by atoms with E-state index >= 15 is 0 Å². The van der Waals surface area contributed by atoms with Gasteiger partial charge in [0.05, 0.1) is 5.69 Å². The molecule has 5 rings (SSSR count). The minimum absolute atomic E-state index is 0.0139. The van der Waals surface area contributed by atoms with Gasteiger partial charge in [0.2, 0.25) is 5.95 Å². The minimum atomic E-state index is -0.272. The normalized spacial score (nSPS) is 13.4. The van der Waals surface area contributed by atoms with Crippen molar-refractivity contribution in [2.24, 2.45) is 7.05 Å². The molecular formula is C31H35N7O2. The summed E-state index contributed by atoms with van der Waals surface area (Å²) in [5.74, 6) is 1.01. The van der Waals surface area contributed by atoms with Crippen LogP contribution in [0.3, 0.4) is 0 Å². The van der Waals surface area contributed by atoms with Gasteiger partial charge in [0, 0.05) is 43.1 Å². The molecule has 2 aromatic carbocycles. The van der Waals surface area contributed by atoms with Crippen LogP contribution in [0.1, 0.15) is 55.1 Å². The van der Waals surface area contributed by atoms with Gasteiger partial charge in [-0.2, -0.15) is 10.1 Å². The van der Waals surface area contributed by atoms with E-state index in [0.29, 0.717) is 34.4 Å². The van der Waals surface area contributed by atoms with Crippen molar-refractivity contribution in [1.82, 2.24) is 19.7 Å². The fraction of sp³-hybridized carbons (Fsp3) is 0.323. The summed E-state index contributed by atoms with van der Waals surface area (Å²) in [7, 11) is 1.62. The van der Waals surface area contributed by atoms with Gasteiger partial charge in [0.25, 0.3) is 11.5 Å². The molecule has 2 aromatic heterocycles. The van der Waals surface area contributed by atoms with Crippen molar-refractivity contribution in [3.63, 3.8) is 0 Å². The standard InChI is InChI=1S/C31H35N7O2/c1-20-23(9-8-10-24(20)34-28(39)21-11-13-22(14-12-21)31(2,3)4)25-19-26(29(40)37(5)36-25)33-27-15-16-32-30(35-27)38-17-6-7-18-38/h8-16,19H,6-7,17-18H2,1-5H3,(H,34,39)(H,32,33,35). The van der Waals surface area contributed by atoms with Crippen molar-refractivity contribution >= 4 is 29.0 Å². The summed E-state index contributed by atoms with van der Waals surface area (Å²) in [5, 5.41) is 10.7. The number of benzene rings is 2. The Morgan fingerprint density at radius 2 is 1.70 bits per heavy atom. The molecule has 1 saturated heterocycles. The summed E-state index contributed by atoms with van der Waals surface area (Å²) >= 11 is 0. The number of hydrogen-bond acceptors (Lipinski definition) is 7. The van der Waals surface area contributed by atoms with E-state index in [-0.39, 0.29) is 16.9 Å². The van der Waals surface area contributed by atoms with Crippen molar-refractivity contribution in [2.45, 2.75) is 46.0 Å². The third-order valence-corrected chi connectivity index (χ3v) is 7.23. The summed E-state index contributed by atoms with van der Waals surface area (Å²) in [4.78, 5) is 37.2. The number of aromatic nitrogens is 4. The number of aryl methyl sites for hydroxylation is 1. The van der Waals surface area contributed by atoms with E-state index in [1.54, 1.807) is 25.4 Å². The zero-order valence-electron chi connectivity index (χ0n) is 23.7. The lowest BCUT2D eigenvalue weighted by atomic mass is 9.86. The average Bonchev–Trinajstić information content (AvgIpc) is 3.47. The maximum Gasteiger partial charge on any atom is 0.290 e. The summed E-state index contributed by atoms with van der Waals surface area (Å²) in [6.07, 6.45) is 3.94. The second-order valence-corrected chi connectivity index (χ2v) is 11.2. The zero-order chi connectivity index (χ0) is 28.4. The van der Waals surface area contributed by atoms with Crippen LogP contribution in [0.5, 0.6) is 0 Å². The lowest BCUT2D eigenvalue weighted by Crippen LogP contribution is -2.24. The van der Waals surface area contributed by atoms with Crippen molar-refractivity contribution in [3.8, 4) is 11.3 Å². The summed E-state index contributed by atoms with van der Waals surface area (Å²) in [6, 6.07) is 16.8. The number of hydrogen-bond donors (Lipinski definition) is 2. The first-order chi connectivity index (χ1) is 19.1. The maximum absolute atomic E-state index is 13.1. The van der Waals surface area contributed by atoms with E-state index in [9.17, 15) is 9.59 Å². The SMILES string of the molecule is Cc1c(NC(=O)c2ccc(C(C)(C)C)cc2)cccc1-c1cc(Nc2ccnc(N3CCCC3)n2)c(=O)n(C)n1. The average molecular weight is 538 g/mol. The van der Waals surface area contributed by atoms with Gasteiger partial charge in [-0.3, -0.25) is 9.59 Å². The number of nitrogens with one attached hydrogen (secondary N) is 2. The Hall–Kier alpha value is -4.53. The second-order valence-electron chi connectivity index (χ2n) is 11.2. The molecule has 0 unspecified atom stereocenters. The topological polar surface area (TPSA) is 105 Å². The number of carbonyl (C=O) groups excluding carboxylic acids is 1. The molecule has 0 atom stereocenters. The molecule has 9 nitrogen and oxygen atoms in total. The highest BCUT2D eigenvalue weighted by molar-refractivity contribution is 6.05. The summed E-state index contributed by atoms with van der Waals surface area (Å²) in [6.45, 7) is 10.2. The quantitative estimate of drug-likeness (QED) is 0.337. The Morgan fingerprint density at radius 1 is 0.975 bits per heavy atom. The number of amides is 1. The molecule has 2 N–H and O–H groups in total. The molecule has 9 heteroatoms. The van der Waals surface area contributed by atoms with Crippen LogP contribution < -0.4 is 21.1 Å². The number of rotatable bonds is 6. The van der Waals surface area contributed by atoms with Gasteiger partial charge >= 0.3 is 0 Å². The van der Waals surface area contributed by atoms with Crippen molar-refractivity contribution < 1.29 is 4.79 Å². The minimum Gasteiger partial charge on any atom is -0.341 e. The van der Waals surface area contributed by atoms with E-state index in [0.717, 1.165) is 37.1 Å². The molecule has 1 fully saturated rings. The molecule has 206 valence electrons. The zero-order valence-corrected chi connectivity index (χ0v) is 23.7. The lowest BCUT2D eigenvalue weighted by Gasteiger charge is -2.19. The smallest absolute Gasteiger partial charge is 0.290 e. The van der Waals surface area contributed by atoms with Crippen molar-refractivity contribution in [3.05, 3.63) is 87.8 Å². The van der Waals surface area contributed by atoms with Crippen LogP contribution >= 0.6 is 0 Å². The van der Waals surface area contributed by atoms with Crippen LogP contribution in [-0.4, -0.2) is 38.7 Å². The Bertz CT molecular complexity index is 1600. The van der Waals surface area contributed by atoms with Crippen LogP contribution in [0.4, 0.5) is 23.1 Å². The Morgan fingerprint density at radius 3 is 2.40 bits per heavy atom. The molecule has 3 heterocycles. The highest BCUT2D eigenvalue weighted by atomic mass is 16.1. The van der Waals surface area contributed by atoms with Crippen LogP contribution in [0.2, 0.25) is 0 Å². The number of carbonyl (C=O) groups is 1. The third kappa shape index (κ3) is 5.73. The fourth-order valence-corrected chi connectivity index (χ4v) is 4.82. The van der Waals surface area contributed by atoms with Crippen LogP contribution in [0.25, 0.3) is 11.3 Å². The van der Waals surface area contributed by atoms with Crippen LogP contribution in [0, 0.1) is 6.92 Å². The van der Waals surface area contributed by atoms with Gasteiger partial charge < -0.3 is 15.5 Å². The molecule has 0 aliphatic carbocycles. The monoisotopic (exact) mass is 537 g/mol. The molecule has 0 bridgehead atoms. The lowest BCUT2D eigenvalue weighted by molar-refractivity contribution is 0.102. The van der Waals surface area contributed by atoms with Gasteiger partial charge in [0.1, 0.15) is 11.5 Å². The van der Waals surface area contributed by atoms with E-state index in [2.05, 4.69) is 51.4 Å². The fourth-order valence-electron chi connectivity index (χ4n) is 4.82. The molecule has 1 aliphatic rings. The summed E-state index contributed by atoms with van der Waals surface area (Å²) < 4.78 is 1.31. The Kier molecular flexibility index (Phi) is 7.38. The van der Waals surface area contributed by atoms with E-state index in [1.807, 2.05) is 49.4 Å².